The van der Waals surface area contributed by atoms with E-state index in [0.717, 1.165) is 16.1 Å². The van der Waals surface area contributed by atoms with Gasteiger partial charge in [0.2, 0.25) is 0 Å². The highest BCUT2D eigenvalue weighted by Crippen LogP contribution is 2.20. The number of amides is 1. The second kappa shape index (κ2) is 6.37. The number of rotatable bonds is 3. The largest absolute Gasteiger partial charge is 0.346 e. The predicted octanol–water partition coefficient (Wildman–Crippen LogP) is 1.03. The van der Waals surface area contributed by atoms with Crippen LogP contribution >= 0.6 is 11.3 Å². The Morgan fingerprint density at radius 1 is 1.60 bits per heavy atom. The maximum absolute atomic E-state index is 12.1. The number of aromatic nitrogens is 2. The van der Waals surface area contributed by atoms with Gasteiger partial charge in [0.05, 0.1) is 28.5 Å². The van der Waals surface area contributed by atoms with Gasteiger partial charge in [-0.2, -0.15) is 5.10 Å². The van der Waals surface area contributed by atoms with Crippen LogP contribution in [0.25, 0.3) is 0 Å². The minimum atomic E-state index is -0.0971. The molecule has 20 heavy (non-hydrogen) atoms. The Hall–Kier alpha value is -2.10. The molecule has 0 unspecified atom stereocenters. The predicted molar refractivity (Wildman–Crippen MR) is 79.4 cm³/mol. The SMILES string of the molecule is Cc1cc(C(=O)NCc2ccnn2C)sc1C#CCN. The second-order valence-electron chi connectivity index (χ2n) is 4.26. The average Bonchev–Trinajstić information content (AvgIpc) is 3.00. The molecule has 0 aromatic carbocycles. The van der Waals surface area contributed by atoms with Gasteiger partial charge in [-0.25, -0.2) is 0 Å². The van der Waals surface area contributed by atoms with E-state index in [2.05, 4.69) is 22.3 Å². The summed E-state index contributed by atoms with van der Waals surface area (Å²) in [6.07, 6.45) is 1.71. The maximum atomic E-state index is 12.1. The first kappa shape index (κ1) is 14.3. The first-order valence-electron chi connectivity index (χ1n) is 6.16. The molecule has 0 aliphatic carbocycles. The molecule has 0 aliphatic heterocycles. The summed E-state index contributed by atoms with van der Waals surface area (Å²) in [7, 11) is 1.84. The third-order valence-electron chi connectivity index (χ3n) is 2.80. The summed E-state index contributed by atoms with van der Waals surface area (Å²) in [6.45, 7) is 2.71. The molecule has 0 atom stereocenters. The van der Waals surface area contributed by atoms with Crippen molar-refractivity contribution in [3.63, 3.8) is 0 Å². The Kier molecular flexibility index (Phi) is 4.56. The molecule has 0 radical (unpaired) electrons. The number of carbonyl (C=O) groups is 1. The van der Waals surface area contributed by atoms with Crippen LogP contribution in [0.5, 0.6) is 0 Å². The van der Waals surface area contributed by atoms with Crippen molar-refractivity contribution in [2.24, 2.45) is 12.8 Å². The molecule has 0 fully saturated rings. The Morgan fingerprint density at radius 3 is 3.05 bits per heavy atom. The van der Waals surface area contributed by atoms with E-state index in [4.69, 9.17) is 5.73 Å². The van der Waals surface area contributed by atoms with Gasteiger partial charge in [-0.15, -0.1) is 11.3 Å². The van der Waals surface area contributed by atoms with Crippen molar-refractivity contribution in [3.8, 4) is 11.8 Å². The molecule has 0 spiro atoms. The number of nitrogens with zero attached hydrogens (tertiary/aromatic N) is 2. The molecule has 2 rings (SSSR count). The van der Waals surface area contributed by atoms with Crippen LogP contribution in [-0.4, -0.2) is 22.2 Å². The number of nitrogens with two attached hydrogens (primary N) is 1. The lowest BCUT2D eigenvalue weighted by molar-refractivity contribution is 0.0954. The molecule has 0 saturated carbocycles. The Bertz CT molecular complexity index is 675. The van der Waals surface area contributed by atoms with Crippen molar-refractivity contribution >= 4 is 17.2 Å². The summed E-state index contributed by atoms with van der Waals surface area (Å²) in [5.74, 6) is 5.68. The molecule has 0 saturated heterocycles. The molecular weight excluding hydrogens is 272 g/mol. The van der Waals surface area contributed by atoms with Crippen LogP contribution in [0.2, 0.25) is 0 Å². The Morgan fingerprint density at radius 2 is 2.40 bits per heavy atom. The number of aryl methyl sites for hydroxylation is 2. The standard InChI is InChI=1S/C14H16N4OS/c1-10-8-13(20-12(10)4-3-6-15)14(19)16-9-11-5-7-17-18(11)2/h5,7-8H,6,9,15H2,1-2H3,(H,16,19). The lowest BCUT2D eigenvalue weighted by Gasteiger charge is -2.03. The summed E-state index contributed by atoms with van der Waals surface area (Å²) >= 11 is 1.39. The van der Waals surface area contributed by atoms with Gasteiger partial charge in [-0.05, 0) is 24.6 Å². The van der Waals surface area contributed by atoms with Gasteiger partial charge in [-0.3, -0.25) is 9.48 Å². The zero-order valence-corrected chi connectivity index (χ0v) is 12.3. The molecule has 6 heteroatoms. The van der Waals surface area contributed by atoms with Crippen molar-refractivity contribution in [2.45, 2.75) is 13.5 Å². The van der Waals surface area contributed by atoms with Crippen LogP contribution in [0.1, 0.15) is 25.8 Å². The smallest absolute Gasteiger partial charge is 0.261 e. The number of thiophene rings is 1. The molecule has 0 bridgehead atoms. The van der Waals surface area contributed by atoms with Crippen molar-refractivity contribution in [2.75, 3.05) is 6.54 Å². The van der Waals surface area contributed by atoms with E-state index in [1.165, 1.54) is 11.3 Å². The van der Waals surface area contributed by atoms with E-state index in [9.17, 15) is 4.79 Å². The van der Waals surface area contributed by atoms with E-state index in [1.54, 1.807) is 10.9 Å². The highest BCUT2D eigenvalue weighted by atomic mass is 32.1. The molecule has 104 valence electrons. The van der Waals surface area contributed by atoms with Crippen LogP contribution in [0, 0.1) is 18.8 Å². The molecule has 5 nitrogen and oxygen atoms in total. The topological polar surface area (TPSA) is 72.9 Å². The van der Waals surface area contributed by atoms with E-state index >= 15 is 0 Å². The van der Waals surface area contributed by atoms with Gasteiger partial charge >= 0.3 is 0 Å². The Labute approximate surface area is 121 Å². The van der Waals surface area contributed by atoms with Crippen molar-refractivity contribution in [1.29, 1.82) is 0 Å². The van der Waals surface area contributed by atoms with Gasteiger partial charge in [0.25, 0.3) is 5.91 Å². The maximum Gasteiger partial charge on any atom is 0.261 e. The van der Waals surface area contributed by atoms with Crippen molar-refractivity contribution in [3.05, 3.63) is 39.3 Å². The highest BCUT2D eigenvalue weighted by Gasteiger charge is 2.11. The van der Waals surface area contributed by atoms with Gasteiger partial charge in [-0.1, -0.05) is 11.8 Å². The highest BCUT2D eigenvalue weighted by molar-refractivity contribution is 7.14. The van der Waals surface area contributed by atoms with Crippen LogP contribution < -0.4 is 11.1 Å². The summed E-state index contributed by atoms with van der Waals surface area (Å²) in [4.78, 5) is 13.6. The molecule has 3 N–H and O–H groups in total. The number of hydrogen-bond acceptors (Lipinski definition) is 4. The molecule has 2 aromatic heterocycles. The van der Waals surface area contributed by atoms with E-state index < -0.39 is 0 Å². The molecule has 0 aliphatic rings. The number of nitrogens with one attached hydrogen (secondary N) is 1. The lowest BCUT2D eigenvalue weighted by atomic mass is 10.2. The van der Waals surface area contributed by atoms with Gasteiger partial charge in [0, 0.05) is 13.2 Å². The monoisotopic (exact) mass is 288 g/mol. The lowest BCUT2D eigenvalue weighted by Crippen LogP contribution is -2.23. The number of carbonyl (C=O) groups excluding carboxylic acids is 1. The Balaban J connectivity index is 2.04. The normalized spacial score (nSPS) is 9.95. The van der Waals surface area contributed by atoms with Crippen LogP contribution in [0.3, 0.4) is 0 Å². The van der Waals surface area contributed by atoms with Gasteiger partial charge < -0.3 is 11.1 Å². The van der Waals surface area contributed by atoms with E-state index in [1.807, 2.05) is 26.1 Å². The molecule has 2 aromatic rings. The third kappa shape index (κ3) is 3.26. The zero-order valence-electron chi connectivity index (χ0n) is 11.4. The molecule has 2 heterocycles. The fourth-order valence-corrected chi connectivity index (χ4v) is 2.65. The first-order valence-corrected chi connectivity index (χ1v) is 6.98. The van der Waals surface area contributed by atoms with Crippen molar-refractivity contribution < 1.29 is 4.79 Å². The van der Waals surface area contributed by atoms with E-state index in [-0.39, 0.29) is 5.91 Å². The summed E-state index contributed by atoms with van der Waals surface area (Å²) < 4.78 is 1.73. The summed E-state index contributed by atoms with van der Waals surface area (Å²) in [5, 5.41) is 6.93. The number of hydrogen-bond donors (Lipinski definition) is 2. The van der Waals surface area contributed by atoms with Crippen LogP contribution in [0.15, 0.2) is 18.3 Å². The fraction of sp³-hybridized carbons (Fsp3) is 0.286. The minimum Gasteiger partial charge on any atom is -0.346 e. The summed E-state index contributed by atoms with van der Waals surface area (Å²) in [6, 6.07) is 3.72. The second-order valence-corrected chi connectivity index (χ2v) is 5.31. The van der Waals surface area contributed by atoms with Crippen molar-refractivity contribution in [1.82, 2.24) is 15.1 Å². The van der Waals surface area contributed by atoms with Crippen LogP contribution in [0.4, 0.5) is 0 Å². The fourth-order valence-electron chi connectivity index (χ4n) is 1.68. The zero-order chi connectivity index (χ0) is 14.5. The minimum absolute atomic E-state index is 0.0971. The molecule has 1 amide bonds. The van der Waals surface area contributed by atoms with Gasteiger partial charge in [0.15, 0.2) is 0 Å². The summed E-state index contributed by atoms with van der Waals surface area (Å²) in [5.41, 5.74) is 7.31. The third-order valence-corrected chi connectivity index (χ3v) is 3.95. The first-order chi connectivity index (χ1) is 9.61. The van der Waals surface area contributed by atoms with Gasteiger partial charge in [0.1, 0.15) is 0 Å². The molecular formula is C14H16N4OS. The van der Waals surface area contributed by atoms with Crippen LogP contribution in [-0.2, 0) is 13.6 Å². The quantitative estimate of drug-likeness (QED) is 0.829. The average molecular weight is 288 g/mol. The van der Waals surface area contributed by atoms with E-state index in [0.29, 0.717) is 18.0 Å².